The van der Waals surface area contributed by atoms with Crippen LogP contribution in [0.5, 0.6) is 0 Å². The molecule has 6 nitrogen and oxygen atoms in total. The van der Waals surface area contributed by atoms with Gasteiger partial charge in [-0.1, -0.05) is 0 Å². The highest BCUT2D eigenvalue weighted by atomic mass is 32.1. The molecule has 2 N–H and O–H groups in total. The van der Waals surface area contributed by atoms with Gasteiger partial charge in [-0.25, -0.2) is 4.98 Å². The zero-order valence-electron chi connectivity index (χ0n) is 12.9. The van der Waals surface area contributed by atoms with Gasteiger partial charge in [-0.15, -0.1) is 11.3 Å². The van der Waals surface area contributed by atoms with Gasteiger partial charge in [0, 0.05) is 38.4 Å². The summed E-state index contributed by atoms with van der Waals surface area (Å²) in [4.78, 5) is 19.5. The Balaban J connectivity index is 2.10. The minimum Gasteiger partial charge on any atom is -0.469 e. The molecule has 0 atom stereocenters. The molecule has 0 amide bonds. The van der Waals surface area contributed by atoms with Crippen molar-refractivity contribution in [3.63, 3.8) is 0 Å². The van der Waals surface area contributed by atoms with Crippen LogP contribution in [0.3, 0.4) is 0 Å². The van der Waals surface area contributed by atoms with Gasteiger partial charge >= 0.3 is 5.97 Å². The van der Waals surface area contributed by atoms with E-state index in [1.807, 2.05) is 6.92 Å². The summed E-state index contributed by atoms with van der Waals surface area (Å²) in [7, 11) is 3.16. The first-order chi connectivity index (χ1) is 10.2. The van der Waals surface area contributed by atoms with Crippen LogP contribution in [0.25, 0.3) is 0 Å². The van der Waals surface area contributed by atoms with Crippen molar-refractivity contribution in [2.75, 3.05) is 27.2 Å². The van der Waals surface area contributed by atoms with Crippen LogP contribution in [0.1, 0.15) is 30.0 Å². The molecule has 1 aromatic rings. The van der Waals surface area contributed by atoms with Crippen LogP contribution < -0.4 is 10.6 Å². The summed E-state index contributed by atoms with van der Waals surface area (Å²) in [6.45, 7) is 3.59. The van der Waals surface area contributed by atoms with E-state index in [4.69, 9.17) is 0 Å². The van der Waals surface area contributed by atoms with Crippen LogP contribution in [0.15, 0.2) is 10.4 Å². The number of rotatable bonds is 8. The number of nitrogens with one attached hydrogen (secondary N) is 2. The fourth-order valence-electron chi connectivity index (χ4n) is 1.76. The molecule has 0 saturated carbocycles. The van der Waals surface area contributed by atoms with Crippen LogP contribution >= 0.6 is 11.3 Å². The minimum atomic E-state index is -0.156. The molecule has 0 radical (unpaired) electrons. The smallest absolute Gasteiger partial charge is 0.305 e. The SMILES string of the molecule is CN=C(NCCCCC(=O)OC)NCCc1csc(C)n1. The molecule has 0 aromatic carbocycles. The number of carbonyl (C=O) groups is 1. The highest BCUT2D eigenvalue weighted by Gasteiger charge is 2.02. The molecule has 1 aromatic heterocycles. The van der Waals surface area contributed by atoms with Crippen LogP contribution in [0, 0.1) is 6.92 Å². The first-order valence-electron chi connectivity index (χ1n) is 7.08. The van der Waals surface area contributed by atoms with E-state index in [9.17, 15) is 4.79 Å². The van der Waals surface area contributed by atoms with Gasteiger partial charge in [0.2, 0.25) is 0 Å². The van der Waals surface area contributed by atoms with Gasteiger partial charge < -0.3 is 15.4 Å². The highest BCUT2D eigenvalue weighted by molar-refractivity contribution is 7.09. The number of aliphatic imine (C=N–C) groups is 1. The fourth-order valence-corrected chi connectivity index (χ4v) is 2.40. The van der Waals surface area contributed by atoms with E-state index in [0.717, 1.165) is 49.0 Å². The van der Waals surface area contributed by atoms with Crippen LogP contribution in [0.4, 0.5) is 0 Å². The van der Waals surface area contributed by atoms with E-state index in [2.05, 4.69) is 30.7 Å². The third kappa shape index (κ3) is 7.65. The number of unbranched alkanes of at least 4 members (excludes halogenated alkanes) is 1. The third-order valence-electron chi connectivity index (χ3n) is 2.89. The maximum atomic E-state index is 11.0. The summed E-state index contributed by atoms with van der Waals surface area (Å²) in [5.74, 6) is 0.621. The van der Waals surface area contributed by atoms with Crippen LogP contribution in [-0.2, 0) is 16.0 Å². The van der Waals surface area contributed by atoms with E-state index in [1.165, 1.54) is 7.11 Å². The van der Waals surface area contributed by atoms with Crippen molar-refractivity contribution in [3.05, 3.63) is 16.1 Å². The predicted molar refractivity (Wildman–Crippen MR) is 85.8 cm³/mol. The van der Waals surface area contributed by atoms with Crippen molar-refractivity contribution in [1.82, 2.24) is 15.6 Å². The molecule has 0 spiro atoms. The van der Waals surface area contributed by atoms with Gasteiger partial charge in [-0.3, -0.25) is 9.79 Å². The topological polar surface area (TPSA) is 75.6 Å². The lowest BCUT2D eigenvalue weighted by molar-refractivity contribution is -0.140. The second kappa shape index (κ2) is 10.1. The summed E-state index contributed by atoms with van der Waals surface area (Å²) in [6.07, 6.45) is 3.07. The number of esters is 1. The highest BCUT2D eigenvalue weighted by Crippen LogP contribution is 2.07. The third-order valence-corrected chi connectivity index (χ3v) is 3.71. The number of ether oxygens (including phenoxy) is 1. The second-order valence-corrected chi connectivity index (χ2v) is 5.63. The van der Waals surface area contributed by atoms with Gasteiger partial charge in [0.15, 0.2) is 5.96 Å². The molecule has 118 valence electrons. The molecule has 21 heavy (non-hydrogen) atoms. The van der Waals surface area contributed by atoms with Gasteiger partial charge in [-0.05, 0) is 19.8 Å². The fraction of sp³-hybridized carbons (Fsp3) is 0.643. The summed E-state index contributed by atoms with van der Waals surface area (Å²) < 4.78 is 4.60. The number of hydrogen-bond donors (Lipinski definition) is 2. The molecule has 0 aliphatic heterocycles. The lowest BCUT2D eigenvalue weighted by Crippen LogP contribution is -2.38. The van der Waals surface area contributed by atoms with Crippen molar-refractivity contribution in [1.29, 1.82) is 0 Å². The monoisotopic (exact) mass is 312 g/mol. The molecule has 7 heteroatoms. The summed E-state index contributed by atoms with van der Waals surface area (Å²) in [5, 5.41) is 9.65. The van der Waals surface area contributed by atoms with E-state index in [0.29, 0.717) is 6.42 Å². The zero-order valence-corrected chi connectivity index (χ0v) is 13.8. The number of hydrogen-bond acceptors (Lipinski definition) is 5. The van der Waals surface area contributed by atoms with Crippen molar-refractivity contribution >= 4 is 23.3 Å². The summed E-state index contributed by atoms with van der Waals surface area (Å²) in [6, 6.07) is 0. The van der Waals surface area contributed by atoms with E-state index >= 15 is 0 Å². The van der Waals surface area contributed by atoms with E-state index in [-0.39, 0.29) is 5.97 Å². The summed E-state index contributed by atoms with van der Waals surface area (Å²) >= 11 is 1.67. The molecular formula is C14H24N4O2S. The number of carbonyl (C=O) groups excluding carboxylic acids is 1. The standard InChI is InChI=1S/C14H24N4O2S/c1-11-18-12(10-21-11)7-9-17-14(15-2)16-8-5-4-6-13(19)20-3/h10H,4-9H2,1-3H3,(H2,15,16,17). The average Bonchev–Trinajstić information content (AvgIpc) is 2.90. The molecule has 0 bridgehead atoms. The van der Waals surface area contributed by atoms with Gasteiger partial charge in [0.05, 0.1) is 17.8 Å². The Labute approximate surface area is 130 Å². The van der Waals surface area contributed by atoms with Crippen molar-refractivity contribution in [2.24, 2.45) is 4.99 Å². The second-order valence-electron chi connectivity index (χ2n) is 4.57. The molecular weight excluding hydrogens is 288 g/mol. The number of thiazole rings is 1. The first-order valence-corrected chi connectivity index (χ1v) is 7.96. The van der Waals surface area contributed by atoms with Gasteiger partial charge in [0.25, 0.3) is 0 Å². The normalized spacial score (nSPS) is 11.3. The lowest BCUT2D eigenvalue weighted by atomic mass is 10.2. The largest absolute Gasteiger partial charge is 0.469 e. The number of aromatic nitrogens is 1. The van der Waals surface area contributed by atoms with E-state index in [1.54, 1.807) is 18.4 Å². The Kier molecular flexibility index (Phi) is 8.42. The number of methoxy groups -OCH3 is 1. The quantitative estimate of drug-likeness (QED) is 0.329. The number of guanidine groups is 1. The maximum absolute atomic E-state index is 11.0. The van der Waals surface area contributed by atoms with Gasteiger partial charge in [0.1, 0.15) is 0 Å². The van der Waals surface area contributed by atoms with Crippen LogP contribution in [-0.4, -0.2) is 44.2 Å². The van der Waals surface area contributed by atoms with Crippen molar-refractivity contribution < 1.29 is 9.53 Å². The molecule has 0 aliphatic rings. The molecule has 1 heterocycles. The number of nitrogens with zero attached hydrogens (tertiary/aromatic N) is 2. The van der Waals surface area contributed by atoms with Crippen LogP contribution in [0.2, 0.25) is 0 Å². The Morgan fingerprint density at radius 1 is 1.38 bits per heavy atom. The van der Waals surface area contributed by atoms with E-state index < -0.39 is 0 Å². The average molecular weight is 312 g/mol. The summed E-state index contributed by atoms with van der Waals surface area (Å²) in [5.41, 5.74) is 1.11. The Morgan fingerprint density at radius 3 is 2.76 bits per heavy atom. The maximum Gasteiger partial charge on any atom is 0.305 e. The van der Waals surface area contributed by atoms with Gasteiger partial charge in [-0.2, -0.15) is 0 Å². The Bertz CT molecular complexity index is 460. The van der Waals surface area contributed by atoms with Crippen molar-refractivity contribution in [2.45, 2.75) is 32.6 Å². The molecule has 0 fully saturated rings. The molecule has 0 aliphatic carbocycles. The Hall–Kier alpha value is -1.63. The molecule has 1 rings (SSSR count). The minimum absolute atomic E-state index is 0.156. The lowest BCUT2D eigenvalue weighted by Gasteiger charge is -2.11. The molecule has 0 unspecified atom stereocenters. The number of aryl methyl sites for hydroxylation is 1. The predicted octanol–water partition coefficient (Wildman–Crippen LogP) is 1.50. The van der Waals surface area contributed by atoms with Crippen molar-refractivity contribution in [3.8, 4) is 0 Å². The Morgan fingerprint density at radius 2 is 2.14 bits per heavy atom. The first kappa shape index (κ1) is 17.4. The molecule has 0 saturated heterocycles. The zero-order chi connectivity index (χ0) is 15.5.